The maximum Gasteiger partial charge on any atom is 0.251 e. The highest BCUT2D eigenvalue weighted by atomic mass is 35.5. The van der Waals surface area contributed by atoms with Gasteiger partial charge in [-0.2, -0.15) is 0 Å². The van der Waals surface area contributed by atoms with E-state index in [4.69, 9.17) is 34.7 Å². The summed E-state index contributed by atoms with van der Waals surface area (Å²) >= 11 is 12.1. The molecule has 4 fully saturated rings. The van der Waals surface area contributed by atoms with E-state index in [0.717, 1.165) is 86.1 Å². The van der Waals surface area contributed by atoms with Crippen LogP contribution in [0.3, 0.4) is 0 Å². The van der Waals surface area contributed by atoms with Crippen molar-refractivity contribution < 1.29 is 28.8 Å². The fourth-order valence-electron chi connectivity index (χ4n) is 16.1. The predicted molar refractivity (Wildman–Crippen MR) is 451 cm³/mol. The molecule has 1 aliphatic carbocycles. The molecule has 3 aliphatic heterocycles. The first kappa shape index (κ1) is 84.9. The van der Waals surface area contributed by atoms with E-state index in [1.165, 1.54) is 36.0 Å². The van der Waals surface area contributed by atoms with Crippen molar-refractivity contribution in [2.75, 3.05) is 78.5 Å². The molecule has 111 heavy (non-hydrogen) atoms. The van der Waals surface area contributed by atoms with Gasteiger partial charge < -0.3 is 63.4 Å². The Hall–Kier alpha value is -8.56. The lowest BCUT2D eigenvalue weighted by atomic mass is 9.73. The van der Waals surface area contributed by atoms with E-state index in [9.17, 15) is 28.8 Å². The van der Waals surface area contributed by atoms with Gasteiger partial charge in [-0.05, 0) is 176 Å². The number of hydrogen-bond acceptors (Lipinski definition) is 12. The van der Waals surface area contributed by atoms with Crippen molar-refractivity contribution in [1.29, 1.82) is 0 Å². The molecule has 0 aromatic heterocycles. The number of rotatable bonds is 29. The van der Waals surface area contributed by atoms with Gasteiger partial charge in [0.1, 0.15) is 0 Å². The molecule has 0 bridgehead atoms. The molecule has 18 nitrogen and oxygen atoms in total. The van der Waals surface area contributed by atoms with Crippen LogP contribution in [0, 0.1) is 17.8 Å². The highest BCUT2D eigenvalue weighted by Crippen LogP contribution is 2.36. The maximum atomic E-state index is 13.9. The van der Waals surface area contributed by atoms with Gasteiger partial charge in [0.25, 0.3) is 17.7 Å². The van der Waals surface area contributed by atoms with Crippen molar-refractivity contribution in [1.82, 2.24) is 51.9 Å². The molecule has 6 amide bonds. The lowest BCUT2D eigenvalue weighted by Crippen LogP contribution is -2.50. The zero-order valence-corrected chi connectivity index (χ0v) is 67.1. The second-order valence-corrected chi connectivity index (χ2v) is 31.9. The Bertz CT molecular complexity index is 4220. The Morgan fingerprint density at radius 2 is 0.865 bits per heavy atom. The zero-order valence-electron chi connectivity index (χ0n) is 65.6. The van der Waals surface area contributed by atoms with Gasteiger partial charge in [-0.1, -0.05) is 229 Å². The highest BCUT2D eigenvalue weighted by Gasteiger charge is 2.38. The third-order valence-corrected chi connectivity index (χ3v) is 23.5. The molecule has 0 spiro atoms. The molecule has 3 saturated heterocycles. The summed E-state index contributed by atoms with van der Waals surface area (Å²) in [7, 11) is 0. The van der Waals surface area contributed by atoms with Crippen LogP contribution in [0.5, 0.6) is 0 Å². The highest BCUT2D eigenvalue weighted by molar-refractivity contribution is 6.42. The average Bonchev–Trinajstić information content (AvgIpc) is 1.78. The molecule has 0 radical (unpaired) electrons. The van der Waals surface area contributed by atoms with Gasteiger partial charge in [-0.15, -0.1) is 0 Å². The van der Waals surface area contributed by atoms with Gasteiger partial charge in [0.15, 0.2) is 0 Å². The Labute approximate surface area is 668 Å². The average molecular weight is 1550 g/mol. The first-order valence-corrected chi connectivity index (χ1v) is 41.3. The number of nitrogens with two attached hydrogens (primary N) is 2. The van der Waals surface area contributed by atoms with Gasteiger partial charge in [0.2, 0.25) is 17.7 Å². The molecule has 9 atom stereocenters. The fraction of sp³-hybridized carbons (Fsp3) is 0.451. The van der Waals surface area contributed by atoms with Crippen LogP contribution in [0.2, 0.25) is 10.0 Å². The summed E-state index contributed by atoms with van der Waals surface area (Å²) in [6.07, 6.45) is 10.8. The van der Waals surface area contributed by atoms with E-state index >= 15 is 0 Å². The third-order valence-electron chi connectivity index (χ3n) is 22.7. The molecule has 2 unspecified atom stereocenters. The number of carbonyl (C=O) groups excluding carboxylic acids is 6. The zero-order chi connectivity index (χ0) is 78.6. The van der Waals surface area contributed by atoms with Crippen LogP contribution in [0.15, 0.2) is 194 Å². The molecule has 3 heterocycles. The van der Waals surface area contributed by atoms with Gasteiger partial charge in [0.05, 0.1) is 28.2 Å². The summed E-state index contributed by atoms with van der Waals surface area (Å²) in [5, 5.41) is 28.4. The lowest BCUT2D eigenvalue weighted by molar-refractivity contribution is -0.134. The van der Waals surface area contributed by atoms with Gasteiger partial charge >= 0.3 is 0 Å². The van der Waals surface area contributed by atoms with E-state index in [0.29, 0.717) is 128 Å². The monoisotopic (exact) mass is 1540 g/mol. The minimum absolute atomic E-state index is 0.0166. The van der Waals surface area contributed by atoms with Crippen molar-refractivity contribution in [3.8, 4) is 0 Å². The molecule has 8 aromatic rings. The number of nitrogens with one attached hydrogen (secondary N) is 7. The summed E-state index contributed by atoms with van der Waals surface area (Å²) < 4.78 is 0. The molecular formula is C91H118Cl2N12O6. The van der Waals surface area contributed by atoms with Crippen molar-refractivity contribution in [3.05, 3.63) is 238 Å². The van der Waals surface area contributed by atoms with E-state index in [1.54, 1.807) is 18.2 Å². The van der Waals surface area contributed by atoms with Gasteiger partial charge in [-0.25, -0.2) is 0 Å². The van der Waals surface area contributed by atoms with E-state index in [-0.39, 0.29) is 77.6 Å². The van der Waals surface area contributed by atoms with Crippen LogP contribution in [0.4, 0.5) is 0 Å². The molecule has 11 N–H and O–H groups in total. The third kappa shape index (κ3) is 25.0. The van der Waals surface area contributed by atoms with Crippen molar-refractivity contribution in [3.63, 3.8) is 0 Å². The Morgan fingerprint density at radius 3 is 1.31 bits per heavy atom. The Balaban J connectivity index is 0.000000177. The lowest BCUT2D eigenvalue weighted by Gasteiger charge is -2.38. The van der Waals surface area contributed by atoms with E-state index < -0.39 is 0 Å². The van der Waals surface area contributed by atoms with Crippen LogP contribution in [0.1, 0.15) is 171 Å². The molecular weight excluding hydrogens is 1430 g/mol. The Morgan fingerprint density at radius 1 is 0.468 bits per heavy atom. The maximum absolute atomic E-state index is 13.9. The van der Waals surface area contributed by atoms with E-state index in [1.807, 2.05) is 137 Å². The van der Waals surface area contributed by atoms with Crippen LogP contribution in [-0.2, 0) is 14.4 Å². The number of fused-ring (bicyclic) bond motifs is 2. The number of hydrogen-bond donors (Lipinski definition) is 9. The second-order valence-electron chi connectivity index (χ2n) is 31.0. The molecule has 4 aliphatic rings. The first-order valence-electron chi connectivity index (χ1n) is 40.6. The number of benzene rings is 8. The van der Waals surface area contributed by atoms with E-state index in [2.05, 4.69) is 125 Å². The van der Waals surface area contributed by atoms with Crippen LogP contribution < -0.4 is 48.7 Å². The summed E-state index contributed by atoms with van der Waals surface area (Å²) in [5.41, 5.74) is 16.9. The minimum atomic E-state index is -0.354. The Kier molecular flexibility index (Phi) is 33.2. The quantitative estimate of drug-likeness (QED) is 0.0212. The van der Waals surface area contributed by atoms with Crippen molar-refractivity contribution >= 4 is 80.2 Å². The summed E-state index contributed by atoms with van der Waals surface area (Å²) in [6.45, 7) is 18.4. The number of amides is 6. The molecule has 12 rings (SSSR count). The number of carbonyl (C=O) groups is 6. The van der Waals surface area contributed by atoms with Crippen molar-refractivity contribution in [2.24, 2.45) is 29.2 Å². The largest absolute Gasteiger partial charge is 0.350 e. The summed E-state index contributed by atoms with van der Waals surface area (Å²) in [4.78, 5) is 85.7. The standard InChI is InChI=1S/C32H38Cl2N4O2.C30H38N4O2.C29H42N4O2/c1-22(2)35-17-15-30-32(40)38(21-27(23-9-5-3-6-10-23)24-11-7-4-8-12-24)18-16-26(37-30)20-36-31(39)25-13-14-28(33)29(34)19-25;1-2-22(23-9-4-3-5-10-23)21-34-18-16-27(33-28(30(34)36)13-8-17-31)20-32-29(35)26-15-14-24-11-6-7-12-25(24)19-26;1-20-7-5-8-21(2)26(20)19-33-16-14-25(32-27(29(33)35)11-6-15-30)18-31-28(34)24-13-12-22-9-3-4-10-23(22)17-24/h3-14,19,22,26-27,30,35,37H,15-18,20-21H2,1-2H3,(H,36,39);3-7,9-12,14-15,19,22,27-28,33H,2,8,13,16-18,20-21,31H2,1H3,(H,32,35);3-4,9-10,12-13,17,20-21,25-27,32H,5-8,11,14-16,18-19,30H2,1-2H3,(H,31,34)/t26-,30-;22-,27+,28+;20?,21?,25-,26?,27-/m010/s1. The number of nitrogens with zero attached hydrogens (tertiary/aromatic N) is 3. The van der Waals surface area contributed by atoms with Crippen LogP contribution in [0.25, 0.3) is 21.5 Å². The van der Waals surface area contributed by atoms with Gasteiger partial charge in [-0.3, -0.25) is 28.8 Å². The fourth-order valence-corrected chi connectivity index (χ4v) is 16.4. The molecule has 592 valence electrons. The predicted octanol–water partition coefficient (Wildman–Crippen LogP) is 13.5. The van der Waals surface area contributed by atoms with Crippen LogP contribution >= 0.6 is 23.2 Å². The van der Waals surface area contributed by atoms with Crippen LogP contribution in [-0.4, -0.2) is 171 Å². The number of halogens is 2. The smallest absolute Gasteiger partial charge is 0.251 e. The van der Waals surface area contributed by atoms with Gasteiger partial charge in [0, 0.05) is 112 Å². The summed E-state index contributed by atoms with van der Waals surface area (Å²) in [5.74, 6) is 2.28. The minimum Gasteiger partial charge on any atom is -0.350 e. The molecule has 20 heteroatoms. The normalized spacial score (nSPS) is 21.3. The molecule has 8 aromatic carbocycles. The summed E-state index contributed by atoms with van der Waals surface area (Å²) in [6, 6.07) is 63.1. The second kappa shape index (κ2) is 43.5. The first-order chi connectivity index (χ1) is 53.9. The van der Waals surface area contributed by atoms with Crippen molar-refractivity contribution in [2.45, 2.75) is 166 Å². The topological polar surface area (TPSA) is 248 Å². The SMILES string of the molecule is CC(C)NCC[C@@H]1N[C@H](CNC(=O)c2ccc(Cl)c(Cl)c2)CCN(CC(c2ccccc2)c2ccccc2)C1=O.CC1CCCC(C)C1CN1CC[C@@H](CNC(=O)c2ccc3ccccc3c2)N[C@@H](CCCN)C1=O.CC[C@H](CN1CC[C@@H](CNC(=O)c2ccc3ccccc3c2)N[C@@H](CCCN)C1=O)c1ccccc1. The molecule has 1 saturated carbocycles.